The van der Waals surface area contributed by atoms with Crippen molar-refractivity contribution in [1.29, 1.82) is 0 Å². The fourth-order valence-electron chi connectivity index (χ4n) is 4.26. The van der Waals surface area contributed by atoms with Crippen LogP contribution in [-0.4, -0.2) is 66.4 Å². The molecule has 2 rings (SSSR count). The molecule has 1 saturated heterocycles. The van der Waals surface area contributed by atoms with Crippen LogP contribution in [0.15, 0.2) is 24.3 Å². The number of nitrogens with zero attached hydrogens (tertiary/aromatic N) is 2. The summed E-state index contributed by atoms with van der Waals surface area (Å²) in [5, 5.41) is 2.91. The number of aryl methyl sites for hydroxylation is 1. The minimum atomic E-state index is -0.467. The minimum absolute atomic E-state index is 0.0689. The van der Waals surface area contributed by atoms with Crippen molar-refractivity contribution in [2.24, 2.45) is 17.6 Å². The average Bonchev–Trinajstić information content (AvgIpc) is 2.70. The summed E-state index contributed by atoms with van der Waals surface area (Å²) in [6, 6.07) is 7.41. The van der Waals surface area contributed by atoms with E-state index in [0.29, 0.717) is 49.5 Å². The van der Waals surface area contributed by atoms with E-state index >= 15 is 0 Å². The average molecular weight is 417 g/mol. The molecule has 1 aromatic carbocycles. The van der Waals surface area contributed by atoms with E-state index in [1.54, 1.807) is 4.90 Å². The van der Waals surface area contributed by atoms with Crippen molar-refractivity contribution in [3.05, 3.63) is 35.4 Å². The van der Waals surface area contributed by atoms with Crippen LogP contribution in [0.25, 0.3) is 0 Å². The molecule has 6 heteroatoms. The Kier molecular flexibility index (Phi) is 9.31. The van der Waals surface area contributed by atoms with Gasteiger partial charge in [0.25, 0.3) is 5.91 Å². The van der Waals surface area contributed by atoms with Gasteiger partial charge in [0.15, 0.2) is 0 Å². The molecule has 1 aromatic rings. The summed E-state index contributed by atoms with van der Waals surface area (Å²) in [6.07, 6.45) is 1.55. The van der Waals surface area contributed by atoms with E-state index in [1.807, 2.05) is 31.2 Å². The smallest absolute Gasteiger partial charge is 0.254 e. The van der Waals surface area contributed by atoms with Gasteiger partial charge in [-0.15, -0.1) is 0 Å². The molecule has 0 radical (unpaired) electrons. The van der Waals surface area contributed by atoms with E-state index in [2.05, 4.69) is 37.9 Å². The fraction of sp³-hybridized carbons (Fsp3) is 0.667. The predicted molar refractivity (Wildman–Crippen MR) is 122 cm³/mol. The quantitative estimate of drug-likeness (QED) is 0.649. The molecule has 0 spiro atoms. The Bertz CT molecular complexity index is 677. The summed E-state index contributed by atoms with van der Waals surface area (Å²) in [5.74, 6) is 0.946. The van der Waals surface area contributed by atoms with E-state index in [-0.39, 0.29) is 11.8 Å². The molecule has 2 atom stereocenters. The normalized spacial score (nSPS) is 19.6. The number of nitrogens with two attached hydrogens (primary N) is 1. The van der Waals surface area contributed by atoms with E-state index < -0.39 is 6.04 Å². The Morgan fingerprint density at radius 2 is 1.73 bits per heavy atom. The third kappa shape index (κ3) is 6.81. The lowest BCUT2D eigenvalue weighted by Gasteiger charge is -2.44. The lowest BCUT2D eigenvalue weighted by molar-refractivity contribution is -0.127. The maximum absolute atomic E-state index is 13.2. The van der Waals surface area contributed by atoms with Gasteiger partial charge in [0, 0.05) is 44.3 Å². The number of piperidine rings is 1. The molecule has 3 N–H and O–H groups in total. The van der Waals surface area contributed by atoms with E-state index in [4.69, 9.17) is 5.73 Å². The lowest BCUT2D eigenvalue weighted by Crippen LogP contribution is -2.58. The van der Waals surface area contributed by atoms with Crippen LogP contribution in [0.5, 0.6) is 0 Å². The van der Waals surface area contributed by atoms with Gasteiger partial charge in [-0.05, 0) is 43.7 Å². The van der Waals surface area contributed by atoms with Crippen LogP contribution < -0.4 is 11.1 Å². The van der Waals surface area contributed by atoms with Crippen LogP contribution in [0.2, 0.25) is 0 Å². The highest BCUT2D eigenvalue weighted by molar-refractivity contribution is 5.97. The first kappa shape index (κ1) is 24.4. The Labute approximate surface area is 182 Å². The van der Waals surface area contributed by atoms with Gasteiger partial charge in [-0.25, -0.2) is 0 Å². The molecular weight excluding hydrogens is 376 g/mol. The van der Waals surface area contributed by atoms with Gasteiger partial charge >= 0.3 is 0 Å². The van der Waals surface area contributed by atoms with Crippen LogP contribution >= 0.6 is 0 Å². The minimum Gasteiger partial charge on any atom is -0.353 e. The number of nitrogens with one attached hydrogen (secondary N) is 1. The zero-order valence-electron chi connectivity index (χ0n) is 19.4. The first-order valence-corrected chi connectivity index (χ1v) is 11.3. The number of hydrogen-bond acceptors (Lipinski definition) is 4. The van der Waals surface area contributed by atoms with Crippen molar-refractivity contribution in [1.82, 2.24) is 15.1 Å². The number of carbonyl (C=O) groups excluding carboxylic acids is 2. The summed E-state index contributed by atoms with van der Waals surface area (Å²) >= 11 is 0. The van der Waals surface area contributed by atoms with Crippen molar-refractivity contribution in [3.8, 4) is 0 Å². The number of likely N-dealkylation sites (tertiary alicyclic amines) is 1. The summed E-state index contributed by atoms with van der Waals surface area (Å²) in [5.41, 5.74) is 7.34. The van der Waals surface area contributed by atoms with Crippen LogP contribution in [0.3, 0.4) is 0 Å². The van der Waals surface area contributed by atoms with Crippen LogP contribution in [-0.2, 0) is 4.79 Å². The Morgan fingerprint density at radius 3 is 2.27 bits per heavy atom. The van der Waals surface area contributed by atoms with Gasteiger partial charge in [-0.2, -0.15) is 0 Å². The zero-order chi connectivity index (χ0) is 22.3. The van der Waals surface area contributed by atoms with Gasteiger partial charge in [-0.1, -0.05) is 45.4 Å². The second-order valence-corrected chi connectivity index (χ2v) is 9.38. The molecule has 1 aliphatic heterocycles. The van der Waals surface area contributed by atoms with Gasteiger partial charge in [0.1, 0.15) is 6.04 Å². The molecule has 2 amide bonds. The summed E-state index contributed by atoms with van der Waals surface area (Å²) in [6.45, 7) is 14.3. The molecule has 0 bridgehead atoms. The molecule has 0 saturated carbocycles. The van der Waals surface area contributed by atoms with Crippen molar-refractivity contribution in [2.75, 3.05) is 32.7 Å². The third-order valence-electron chi connectivity index (χ3n) is 5.60. The standard InChI is InChI=1S/C24H40N4O2/c1-17(2)15-27(16-18(3)4)21-10-13-28(22(14-21)23(29)26-12-11-25)24(30)20-8-6-19(5)7-9-20/h6-9,17-18,21-22H,10-16,25H2,1-5H3,(H,26,29)/t21?,22-/m1/s1. The number of hydrogen-bond donors (Lipinski definition) is 2. The third-order valence-corrected chi connectivity index (χ3v) is 5.60. The molecule has 0 aliphatic carbocycles. The second-order valence-electron chi connectivity index (χ2n) is 9.38. The monoisotopic (exact) mass is 416 g/mol. The Hall–Kier alpha value is -1.92. The van der Waals surface area contributed by atoms with E-state index in [1.165, 1.54) is 0 Å². The highest BCUT2D eigenvalue weighted by Gasteiger charge is 2.38. The number of benzene rings is 1. The van der Waals surface area contributed by atoms with Gasteiger partial charge in [0.05, 0.1) is 0 Å². The van der Waals surface area contributed by atoms with Crippen molar-refractivity contribution in [2.45, 2.75) is 59.5 Å². The molecule has 1 aliphatic rings. The summed E-state index contributed by atoms with van der Waals surface area (Å²) in [7, 11) is 0. The molecule has 1 heterocycles. The zero-order valence-corrected chi connectivity index (χ0v) is 19.4. The molecule has 1 fully saturated rings. The SMILES string of the molecule is Cc1ccc(C(=O)N2CCC(N(CC(C)C)CC(C)C)C[C@@H]2C(=O)NCCN)cc1. The fourth-order valence-corrected chi connectivity index (χ4v) is 4.26. The summed E-state index contributed by atoms with van der Waals surface area (Å²) in [4.78, 5) is 30.5. The number of carbonyl (C=O) groups is 2. The maximum Gasteiger partial charge on any atom is 0.254 e. The van der Waals surface area contributed by atoms with Crippen LogP contribution in [0.1, 0.15) is 56.5 Å². The summed E-state index contributed by atoms with van der Waals surface area (Å²) < 4.78 is 0. The molecule has 1 unspecified atom stereocenters. The molecule has 0 aromatic heterocycles. The maximum atomic E-state index is 13.2. The second kappa shape index (κ2) is 11.5. The number of rotatable bonds is 9. The van der Waals surface area contributed by atoms with E-state index in [9.17, 15) is 9.59 Å². The van der Waals surface area contributed by atoms with Crippen molar-refractivity contribution in [3.63, 3.8) is 0 Å². The largest absolute Gasteiger partial charge is 0.353 e. The molecule has 6 nitrogen and oxygen atoms in total. The van der Waals surface area contributed by atoms with E-state index in [0.717, 1.165) is 25.1 Å². The molecule has 30 heavy (non-hydrogen) atoms. The van der Waals surface area contributed by atoms with Crippen LogP contribution in [0, 0.1) is 18.8 Å². The molecule has 168 valence electrons. The first-order chi connectivity index (χ1) is 14.2. The van der Waals surface area contributed by atoms with Gasteiger partial charge in [0.2, 0.25) is 5.91 Å². The van der Waals surface area contributed by atoms with Gasteiger partial charge in [-0.3, -0.25) is 14.5 Å². The van der Waals surface area contributed by atoms with Crippen molar-refractivity contribution >= 4 is 11.8 Å². The highest BCUT2D eigenvalue weighted by atomic mass is 16.2. The lowest BCUT2D eigenvalue weighted by atomic mass is 9.92. The van der Waals surface area contributed by atoms with Crippen molar-refractivity contribution < 1.29 is 9.59 Å². The highest BCUT2D eigenvalue weighted by Crippen LogP contribution is 2.26. The first-order valence-electron chi connectivity index (χ1n) is 11.3. The number of amides is 2. The van der Waals surface area contributed by atoms with Crippen LogP contribution in [0.4, 0.5) is 0 Å². The Balaban J connectivity index is 2.23. The predicted octanol–water partition coefficient (Wildman–Crippen LogP) is 2.66. The van der Waals surface area contributed by atoms with Gasteiger partial charge < -0.3 is 16.0 Å². The molecular formula is C24H40N4O2. The topological polar surface area (TPSA) is 78.7 Å². The Morgan fingerprint density at radius 1 is 1.13 bits per heavy atom.